The van der Waals surface area contributed by atoms with Crippen molar-refractivity contribution in [2.45, 2.75) is 65.5 Å². The summed E-state index contributed by atoms with van der Waals surface area (Å²) in [5.74, 6) is -0.138. The minimum absolute atomic E-state index is 0.00560. The molecule has 18 nitrogen and oxygen atoms in total. The number of likely N-dealkylation sites (N-methyl/N-ethyl adjacent to an activating group) is 2. The largest absolute Gasteiger partial charge is 0.383 e. The van der Waals surface area contributed by atoms with Crippen LogP contribution in [-0.4, -0.2) is 164 Å². The predicted molar refractivity (Wildman–Crippen MR) is 327 cm³/mol. The van der Waals surface area contributed by atoms with E-state index in [9.17, 15) is 19.2 Å². The van der Waals surface area contributed by atoms with Gasteiger partial charge in [0.15, 0.2) is 0 Å². The molecule has 4 amide bonds. The van der Waals surface area contributed by atoms with Crippen LogP contribution in [0.1, 0.15) is 81.0 Å². The second-order valence-electron chi connectivity index (χ2n) is 23.4. The van der Waals surface area contributed by atoms with E-state index in [4.69, 9.17) is 42.9 Å². The third-order valence-electron chi connectivity index (χ3n) is 17.7. The number of halogens is 2. The highest BCUT2D eigenvalue weighted by atomic mass is 35.5. The first-order chi connectivity index (χ1) is 40.3. The Labute approximate surface area is 498 Å². The first-order valence-corrected chi connectivity index (χ1v) is 29.0. The summed E-state index contributed by atoms with van der Waals surface area (Å²) in [6.45, 7) is 20.5. The van der Waals surface area contributed by atoms with Crippen molar-refractivity contribution >= 4 is 68.6 Å². The summed E-state index contributed by atoms with van der Waals surface area (Å²) in [4.78, 5) is 57.0. The third-order valence-corrected chi connectivity index (χ3v) is 18.7. The second-order valence-corrected chi connectivity index (χ2v) is 24.2. The molecule has 4 fully saturated rings. The zero-order chi connectivity index (χ0) is 59.5. The van der Waals surface area contributed by atoms with E-state index < -0.39 is 0 Å². The van der Waals surface area contributed by atoms with Gasteiger partial charge in [0.05, 0.1) is 58.8 Å². The molecular formula is C64H70Cl2N12O6. The van der Waals surface area contributed by atoms with Gasteiger partial charge >= 0.3 is 0 Å². The molecule has 6 heterocycles. The molecular weight excluding hydrogens is 1100 g/mol. The van der Waals surface area contributed by atoms with Gasteiger partial charge in [-0.05, 0) is 113 Å². The Balaban J connectivity index is 0.000000175. The van der Waals surface area contributed by atoms with Crippen molar-refractivity contribution in [2.24, 2.45) is 10.8 Å². The maximum absolute atomic E-state index is 13.0. The Kier molecular flexibility index (Phi) is 15.8. The van der Waals surface area contributed by atoms with Gasteiger partial charge in [0, 0.05) is 145 Å². The minimum Gasteiger partial charge on any atom is -0.383 e. The van der Waals surface area contributed by atoms with Crippen LogP contribution in [0.25, 0.3) is 66.6 Å². The molecule has 4 aromatic carbocycles. The maximum atomic E-state index is 13.0. The number of carbonyl (C=O) groups is 4. The first-order valence-electron chi connectivity index (χ1n) is 28.3. The summed E-state index contributed by atoms with van der Waals surface area (Å²) >= 11 is 14.1. The van der Waals surface area contributed by atoms with Gasteiger partial charge in [-0.25, -0.2) is 0 Å². The SMILES string of the molecule is C=CC(=O)N1CC2(CC(n3nc(-c4ccc(C(=O)N(C)CCOC)cc4)c(-c4c(Cl)c(C)cc5[nH]ncc45)c3C)C2)C1.C=CC(=O)N1CC2(CC(n3nc(-c4ccc(C(=O)N(C)CCOC)cc4)c(-c4c(Cl)c(C)cc5[nH]ncc45)c3C)C2)C1. The number of hydrogen-bond donors (Lipinski definition) is 2. The van der Waals surface area contributed by atoms with Crippen LogP contribution in [0.4, 0.5) is 0 Å². The molecule has 8 aromatic rings. The highest BCUT2D eigenvalue weighted by molar-refractivity contribution is 6.36. The van der Waals surface area contributed by atoms with Crippen LogP contribution in [0.5, 0.6) is 0 Å². The lowest BCUT2D eigenvalue weighted by molar-refractivity contribution is -0.149. The highest BCUT2D eigenvalue weighted by Crippen LogP contribution is 2.57. The van der Waals surface area contributed by atoms with Crippen LogP contribution in [0.3, 0.4) is 0 Å². The fourth-order valence-corrected chi connectivity index (χ4v) is 13.6. The molecule has 0 unspecified atom stereocenters. The van der Waals surface area contributed by atoms with Gasteiger partial charge in [0.2, 0.25) is 11.8 Å². The summed E-state index contributed by atoms with van der Waals surface area (Å²) in [6.07, 6.45) is 10.2. The number of aromatic nitrogens is 8. The monoisotopic (exact) mass is 1170 g/mol. The molecule has 0 atom stereocenters. The normalized spacial score (nSPS) is 16.0. The molecule has 12 rings (SSSR count). The second kappa shape index (κ2) is 22.9. The molecule has 436 valence electrons. The minimum atomic E-state index is -0.0633. The number of aryl methyl sites for hydroxylation is 2. The molecule has 2 aliphatic carbocycles. The van der Waals surface area contributed by atoms with E-state index in [1.54, 1.807) is 38.1 Å². The van der Waals surface area contributed by atoms with Crippen molar-refractivity contribution in [3.63, 3.8) is 0 Å². The number of ether oxygens (including phenoxy) is 2. The molecule has 2 aliphatic heterocycles. The summed E-state index contributed by atoms with van der Waals surface area (Å²) in [6, 6.07) is 19.7. The van der Waals surface area contributed by atoms with Gasteiger partial charge < -0.3 is 29.1 Å². The van der Waals surface area contributed by atoms with E-state index in [-0.39, 0.29) is 46.5 Å². The van der Waals surface area contributed by atoms with Crippen LogP contribution in [-0.2, 0) is 19.1 Å². The number of aromatic amines is 2. The molecule has 2 spiro atoms. The Hall–Kier alpha value is -7.90. The summed E-state index contributed by atoms with van der Waals surface area (Å²) in [5.41, 5.74) is 14.4. The number of benzene rings is 4. The lowest BCUT2D eigenvalue weighted by Gasteiger charge is -2.58. The van der Waals surface area contributed by atoms with Crippen molar-refractivity contribution < 1.29 is 28.7 Å². The van der Waals surface area contributed by atoms with Crippen molar-refractivity contribution in [1.82, 2.24) is 59.6 Å². The molecule has 20 heteroatoms. The quantitative estimate of drug-likeness (QED) is 0.0880. The standard InChI is InChI=1S/2C32H35ClN6O3/c2*1-6-26(40)38-17-32(18-38)14-23(15-32)39-20(3)27(28-24-16-34-35-25(24)13-19(2)29(28)33)30(36-39)21-7-9-22(10-8-21)31(41)37(4)11-12-42-5/h2*6-10,13,16,23H,1,11-12,14-15,17-18H2,2-5H3,(H,34,35). The van der Waals surface area contributed by atoms with Crippen LogP contribution >= 0.6 is 23.2 Å². The molecule has 2 saturated carbocycles. The molecule has 4 aliphatic rings. The van der Waals surface area contributed by atoms with Crippen molar-refractivity contribution in [3.8, 4) is 44.8 Å². The zero-order valence-corrected chi connectivity index (χ0v) is 50.3. The molecule has 0 bridgehead atoms. The highest BCUT2D eigenvalue weighted by Gasteiger charge is 2.56. The van der Waals surface area contributed by atoms with E-state index in [1.807, 2.05) is 96.7 Å². The lowest BCUT2D eigenvalue weighted by atomic mass is 9.60. The first kappa shape index (κ1) is 57.9. The average Bonchev–Trinajstić information content (AvgIpc) is 1.45. The number of rotatable bonds is 16. The number of amides is 4. The Bertz CT molecular complexity index is 3630. The zero-order valence-electron chi connectivity index (χ0n) is 48.8. The molecule has 0 radical (unpaired) electrons. The van der Waals surface area contributed by atoms with E-state index in [2.05, 4.69) is 56.8 Å². The van der Waals surface area contributed by atoms with Gasteiger partial charge in [-0.15, -0.1) is 0 Å². The topological polar surface area (TPSA) is 193 Å². The number of methoxy groups -OCH3 is 2. The van der Waals surface area contributed by atoms with E-state index in [0.29, 0.717) is 47.5 Å². The van der Waals surface area contributed by atoms with Crippen molar-refractivity contribution in [1.29, 1.82) is 0 Å². The fraction of sp³-hybridized carbons (Fsp3) is 0.375. The predicted octanol–water partition coefficient (Wildman–Crippen LogP) is 10.9. The van der Waals surface area contributed by atoms with Gasteiger partial charge in [0.1, 0.15) is 11.4 Å². The van der Waals surface area contributed by atoms with Crippen molar-refractivity contribution in [2.75, 3.05) is 80.8 Å². The summed E-state index contributed by atoms with van der Waals surface area (Å²) in [5, 5.41) is 28.4. The molecule has 2 saturated heterocycles. The number of likely N-dealkylation sites (tertiary alicyclic amines) is 2. The van der Waals surface area contributed by atoms with E-state index in [0.717, 1.165) is 141 Å². The fourth-order valence-electron chi connectivity index (χ4n) is 13.1. The van der Waals surface area contributed by atoms with Crippen LogP contribution in [0, 0.1) is 38.5 Å². The number of H-pyrrole nitrogens is 2. The Morgan fingerprint density at radius 1 is 0.607 bits per heavy atom. The van der Waals surface area contributed by atoms with Gasteiger partial charge in [-0.3, -0.25) is 38.7 Å². The van der Waals surface area contributed by atoms with Crippen LogP contribution in [0.2, 0.25) is 10.0 Å². The van der Waals surface area contributed by atoms with Gasteiger partial charge in [-0.1, -0.05) is 60.6 Å². The Morgan fingerprint density at radius 2 is 0.964 bits per heavy atom. The number of nitrogens with zero attached hydrogens (tertiary/aromatic N) is 10. The average molecular weight is 1170 g/mol. The molecule has 4 aromatic heterocycles. The maximum Gasteiger partial charge on any atom is 0.253 e. The van der Waals surface area contributed by atoms with Crippen LogP contribution in [0.15, 0.2) is 98.4 Å². The molecule has 84 heavy (non-hydrogen) atoms. The van der Waals surface area contributed by atoms with Gasteiger partial charge in [-0.2, -0.15) is 20.4 Å². The number of nitrogens with one attached hydrogen (secondary N) is 2. The smallest absolute Gasteiger partial charge is 0.253 e. The van der Waals surface area contributed by atoms with Crippen LogP contribution < -0.4 is 0 Å². The summed E-state index contributed by atoms with van der Waals surface area (Å²) in [7, 11) is 6.79. The number of carbonyl (C=O) groups excluding carboxylic acids is 4. The summed E-state index contributed by atoms with van der Waals surface area (Å²) < 4.78 is 14.5. The third kappa shape index (κ3) is 10.3. The Morgan fingerprint density at radius 3 is 1.30 bits per heavy atom. The lowest BCUT2D eigenvalue weighted by Crippen LogP contribution is -2.63. The number of fused-ring (bicyclic) bond motifs is 2. The van der Waals surface area contributed by atoms with Crippen molar-refractivity contribution in [3.05, 3.63) is 142 Å². The molecule has 2 N–H and O–H groups in total. The van der Waals surface area contributed by atoms with E-state index in [1.165, 1.54) is 12.2 Å². The van der Waals surface area contributed by atoms with E-state index >= 15 is 0 Å². The number of hydrogen-bond acceptors (Lipinski definition) is 10. The van der Waals surface area contributed by atoms with Gasteiger partial charge in [0.25, 0.3) is 11.8 Å².